The second-order valence-electron chi connectivity index (χ2n) is 8.61. The van der Waals surface area contributed by atoms with E-state index in [1.165, 1.54) is 0 Å². The highest BCUT2D eigenvalue weighted by molar-refractivity contribution is 6.53. The first-order valence-electron chi connectivity index (χ1n) is 10.5. The van der Waals surface area contributed by atoms with E-state index < -0.39 is 88.3 Å². The van der Waals surface area contributed by atoms with Gasteiger partial charge in [0.15, 0.2) is 0 Å². The summed E-state index contributed by atoms with van der Waals surface area (Å²) in [5.41, 5.74) is -3.96. The Morgan fingerprint density at radius 1 is 0.868 bits per heavy atom. The van der Waals surface area contributed by atoms with Gasteiger partial charge in [-0.2, -0.15) is 39.5 Å². The van der Waals surface area contributed by atoms with Gasteiger partial charge in [-0.05, 0) is 35.4 Å². The minimum atomic E-state index is -5.13. The van der Waals surface area contributed by atoms with Crippen molar-refractivity contribution >= 4 is 34.9 Å². The molecule has 38 heavy (non-hydrogen) atoms. The molecule has 0 spiro atoms. The smallest absolute Gasteiger partial charge is 0.352 e. The molecule has 0 heterocycles. The van der Waals surface area contributed by atoms with E-state index in [1.807, 2.05) is 5.32 Å². The molecule has 3 rings (SSSR count). The van der Waals surface area contributed by atoms with Gasteiger partial charge >= 0.3 is 18.5 Å². The van der Waals surface area contributed by atoms with E-state index in [0.29, 0.717) is 12.1 Å². The van der Waals surface area contributed by atoms with Crippen LogP contribution >= 0.6 is 23.2 Å². The van der Waals surface area contributed by atoms with Crippen LogP contribution in [0.3, 0.4) is 0 Å². The summed E-state index contributed by atoms with van der Waals surface area (Å²) in [5.74, 6) is -5.94. The second kappa shape index (κ2) is 10.2. The Morgan fingerprint density at radius 3 is 1.92 bits per heavy atom. The number of ketones is 1. The van der Waals surface area contributed by atoms with E-state index in [1.54, 1.807) is 0 Å². The number of carbonyl (C=O) groups excluding carboxylic acids is 2. The predicted molar refractivity (Wildman–Crippen MR) is 115 cm³/mol. The Morgan fingerprint density at radius 2 is 1.42 bits per heavy atom. The summed E-state index contributed by atoms with van der Waals surface area (Å²) in [5, 5.41) is 1.88. The fraction of sp³-hybridized carbons (Fsp3) is 0.391. The maximum absolute atomic E-state index is 14.1. The van der Waals surface area contributed by atoms with Gasteiger partial charge in [-0.25, -0.2) is 4.39 Å². The average Bonchev–Trinajstić information content (AvgIpc) is 3.33. The first-order chi connectivity index (χ1) is 17.2. The largest absolute Gasteiger partial charge is 0.416 e. The van der Waals surface area contributed by atoms with Crippen LogP contribution in [-0.4, -0.2) is 22.2 Å². The lowest BCUT2D eigenvalue weighted by molar-refractivity contribution is -0.154. The fourth-order valence-electron chi connectivity index (χ4n) is 3.92. The van der Waals surface area contributed by atoms with Gasteiger partial charge in [-0.1, -0.05) is 12.1 Å². The lowest BCUT2D eigenvalue weighted by Crippen LogP contribution is -2.28. The third-order valence-corrected chi connectivity index (χ3v) is 6.64. The van der Waals surface area contributed by atoms with Crippen LogP contribution in [0.5, 0.6) is 0 Å². The Labute approximate surface area is 218 Å². The number of rotatable bonds is 7. The molecule has 1 fully saturated rings. The minimum Gasteiger partial charge on any atom is -0.352 e. The van der Waals surface area contributed by atoms with Gasteiger partial charge < -0.3 is 5.32 Å². The van der Waals surface area contributed by atoms with Gasteiger partial charge in [0.2, 0.25) is 5.91 Å². The highest BCUT2D eigenvalue weighted by atomic mass is 35.5. The molecule has 0 bridgehead atoms. The van der Waals surface area contributed by atoms with Gasteiger partial charge in [0.25, 0.3) is 0 Å². The number of hydrogen-bond donors (Lipinski definition) is 1. The standard InChI is InChI=1S/C23H15Cl2F10NO2/c24-21(25)18(11-5-13(22(30,31)32)7-14(6-11)23(33,34)35)19(21)16(37)4-10-1-2-15(26)12(3-10)9-36-17(38)8-20(27,28)29/h1-3,5-7,18-19H,4,8-9H2,(H,36,38). The zero-order valence-corrected chi connectivity index (χ0v) is 20.1. The van der Waals surface area contributed by atoms with Crippen LogP contribution in [0.2, 0.25) is 0 Å². The molecule has 15 heteroatoms. The first-order valence-corrected chi connectivity index (χ1v) is 11.3. The molecule has 0 aromatic heterocycles. The molecule has 1 aliphatic rings. The van der Waals surface area contributed by atoms with Crippen molar-refractivity contribution in [3.63, 3.8) is 0 Å². The van der Waals surface area contributed by atoms with Crippen molar-refractivity contribution in [2.75, 3.05) is 0 Å². The SMILES string of the molecule is O=C(CC(F)(F)F)NCc1cc(CC(=O)C2C(c3cc(C(F)(F)F)cc(C(F)(F)F)c3)C2(Cl)Cl)ccc1F. The van der Waals surface area contributed by atoms with Gasteiger partial charge in [0.05, 0.1) is 17.0 Å². The molecular formula is C23H15Cl2F10NO2. The van der Waals surface area contributed by atoms with Crippen LogP contribution < -0.4 is 5.32 Å². The van der Waals surface area contributed by atoms with Crippen LogP contribution in [0.25, 0.3) is 0 Å². The summed E-state index contributed by atoms with van der Waals surface area (Å²) in [6, 6.07) is 3.82. The summed E-state index contributed by atoms with van der Waals surface area (Å²) in [6.45, 7) is -0.645. The summed E-state index contributed by atoms with van der Waals surface area (Å²) < 4.78 is 128. The van der Waals surface area contributed by atoms with E-state index in [4.69, 9.17) is 23.2 Å². The monoisotopic (exact) mass is 597 g/mol. The molecule has 1 aliphatic carbocycles. The molecule has 208 valence electrons. The van der Waals surface area contributed by atoms with Crippen molar-refractivity contribution in [1.82, 2.24) is 5.32 Å². The number of carbonyl (C=O) groups is 2. The van der Waals surface area contributed by atoms with Crippen LogP contribution in [0.1, 0.15) is 40.2 Å². The summed E-state index contributed by atoms with van der Waals surface area (Å²) in [6.07, 6.45) is -17.4. The normalized spacial score (nSPS) is 19.3. The van der Waals surface area contributed by atoms with Crippen molar-refractivity contribution in [3.05, 3.63) is 70.0 Å². The minimum absolute atomic E-state index is 0.0830. The van der Waals surface area contributed by atoms with Crippen LogP contribution in [0.4, 0.5) is 43.9 Å². The predicted octanol–water partition coefficient (Wildman–Crippen LogP) is 7.13. The van der Waals surface area contributed by atoms with Crippen LogP contribution in [0.15, 0.2) is 36.4 Å². The second-order valence-corrected chi connectivity index (χ2v) is 10.1. The van der Waals surface area contributed by atoms with E-state index in [2.05, 4.69) is 0 Å². The Hall–Kier alpha value is -2.54. The zero-order valence-electron chi connectivity index (χ0n) is 18.6. The Bertz CT molecular complexity index is 1210. The molecular weight excluding hydrogens is 583 g/mol. The van der Waals surface area contributed by atoms with Crippen LogP contribution in [-0.2, 0) is 34.9 Å². The fourth-order valence-corrected chi connectivity index (χ4v) is 4.80. The lowest BCUT2D eigenvalue weighted by Gasteiger charge is -2.14. The highest BCUT2D eigenvalue weighted by Gasteiger charge is 2.67. The number of hydrogen-bond acceptors (Lipinski definition) is 2. The maximum Gasteiger partial charge on any atom is 0.416 e. The van der Waals surface area contributed by atoms with Crippen molar-refractivity contribution in [3.8, 4) is 0 Å². The molecule has 2 aromatic carbocycles. The summed E-state index contributed by atoms with van der Waals surface area (Å²) in [7, 11) is 0. The number of nitrogens with one attached hydrogen (secondary N) is 1. The van der Waals surface area contributed by atoms with E-state index in [0.717, 1.165) is 18.2 Å². The number of benzene rings is 2. The Balaban J connectivity index is 1.80. The lowest BCUT2D eigenvalue weighted by atomic mass is 9.98. The number of amides is 1. The maximum atomic E-state index is 14.1. The third kappa shape index (κ3) is 7.10. The number of halogens is 12. The van der Waals surface area contributed by atoms with Gasteiger partial charge in [-0.3, -0.25) is 9.59 Å². The summed E-state index contributed by atoms with van der Waals surface area (Å²) in [4.78, 5) is 24.2. The van der Waals surface area contributed by atoms with E-state index >= 15 is 0 Å². The number of Topliss-reactive ketones (excluding diaryl/α,β-unsaturated/α-hetero) is 1. The zero-order chi connectivity index (χ0) is 28.8. The molecule has 2 aromatic rings. The highest BCUT2D eigenvalue weighted by Crippen LogP contribution is 2.66. The summed E-state index contributed by atoms with van der Waals surface area (Å²) >= 11 is 12.2. The molecule has 1 saturated carbocycles. The Kier molecular flexibility index (Phi) is 8.07. The topological polar surface area (TPSA) is 46.2 Å². The van der Waals surface area contributed by atoms with Crippen molar-refractivity contribution < 1.29 is 53.5 Å². The number of alkyl halides is 11. The van der Waals surface area contributed by atoms with E-state index in [-0.39, 0.29) is 17.2 Å². The van der Waals surface area contributed by atoms with Crippen LogP contribution in [0, 0.1) is 11.7 Å². The molecule has 0 saturated heterocycles. The molecule has 0 aliphatic heterocycles. The third-order valence-electron chi connectivity index (χ3n) is 5.70. The molecule has 0 radical (unpaired) electrons. The molecule has 1 amide bonds. The molecule has 1 N–H and O–H groups in total. The quantitative estimate of drug-likeness (QED) is 0.273. The van der Waals surface area contributed by atoms with Gasteiger partial charge in [0, 0.05) is 24.4 Å². The molecule has 3 nitrogen and oxygen atoms in total. The molecule has 2 atom stereocenters. The average molecular weight is 598 g/mol. The van der Waals surface area contributed by atoms with Gasteiger partial charge in [-0.15, -0.1) is 23.2 Å². The van der Waals surface area contributed by atoms with Crippen molar-refractivity contribution in [2.45, 2.75) is 48.2 Å². The van der Waals surface area contributed by atoms with E-state index in [9.17, 15) is 53.5 Å². The van der Waals surface area contributed by atoms with Crippen molar-refractivity contribution in [1.29, 1.82) is 0 Å². The van der Waals surface area contributed by atoms with Gasteiger partial charge in [0.1, 0.15) is 22.4 Å². The molecule has 2 unspecified atom stereocenters. The first kappa shape index (κ1) is 30.0. The van der Waals surface area contributed by atoms with Crippen molar-refractivity contribution in [2.24, 2.45) is 5.92 Å².